The van der Waals surface area contributed by atoms with E-state index in [1.807, 2.05) is 31.2 Å². The minimum Gasteiger partial charge on any atom is -0.462 e. The molecule has 82 valence electrons. The fraction of sp³-hybridized carbons (Fsp3) is 0.417. The van der Waals surface area contributed by atoms with Crippen LogP contribution in [0.4, 0.5) is 0 Å². The molecule has 0 saturated carbocycles. The van der Waals surface area contributed by atoms with Gasteiger partial charge < -0.3 is 4.74 Å². The molecule has 0 bridgehead atoms. The molecule has 0 heterocycles. The molecule has 0 fully saturated rings. The fourth-order valence-electron chi connectivity index (χ4n) is 1.18. The van der Waals surface area contributed by atoms with Crippen LogP contribution in [0.2, 0.25) is 0 Å². The van der Waals surface area contributed by atoms with Gasteiger partial charge in [0, 0.05) is 5.75 Å². The van der Waals surface area contributed by atoms with Crippen molar-refractivity contribution in [2.45, 2.75) is 19.1 Å². The molecule has 2 nitrogen and oxygen atoms in total. The van der Waals surface area contributed by atoms with Gasteiger partial charge in [-0.25, -0.2) is 4.79 Å². The number of carbonyl (C=O) groups is 1. The number of thioether (sulfide) groups is 1. The van der Waals surface area contributed by atoms with Crippen LogP contribution in [0, 0.1) is 0 Å². The van der Waals surface area contributed by atoms with Crippen LogP contribution >= 0.6 is 11.8 Å². The van der Waals surface area contributed by atoms with Gasteiger partial charge in [0.2, 0.25) is 0 Å². The minimum atomic E-state index is -0.229. The van der Waals surface area contributed by atoms with E-state index in [4.69, 9.17) is 4.74 Å². The molecular formula is C12H16O2S. The number of rotatable bonds is 5. The molecule has 0 spiro atoms. The fourth-order valence-corrected chi connectivity index (χ4v) is 1.71. The summed E-state index contributed by atoms with van der Waals surface area (Å²) in [6.07, 6.45) is 2.92. The molecule has 0 radical (unpaired) electrons. The number of ether oxygens (including phenoxy) is 1. The van der Waals surface area contributed by atoms with E-state index in [1.165, 1.54) is 5.56 Å². The quantitative estimate of drug-likeness (QED) is 0.719. The third-order valence-electron chi connectivity index (χ3n) is 1.94. The van der Waals surface area contributed by atoms with Crippen molar-refractivity contribution in [3.05, 3.63) is 35.4 Å². The summed E-state index contributed by atoms with van der Waals surface area (Å²) in [6.45, 7) is 2.47. The van der Waals surface area contributed by atoms with Crippen molar-refractivity contribution in [2.75, 3.05) is 12.9 Å². The van der Waals surface area contributed by atoms with Crippen LogP contribution in [0.3, 0.4) is 0 Å². The molecule has 0 N–H and O–H groups in total. The van der Waals surface area contributed by atoms with Crippen LogP contribution in [0.5, 0.6) is 0 Å². The SMILES string of the molecule is CCCOC(=O)c1ccc(CSC)cc1. The normalized spacial score (nSPS) is 10.0. The summed E-state index contributed by atoms with van der Waals surface area (Å²) in [5.41, 5.74) is 1.86. The zero-order valence-corrected chi connectivity index (χ0v) is 9.97. The highest BCUT2D eigenvalue weighted by atomic mass is 32.2. The van der Waals surface area contributed by atoms with Gasteiger partial charge in [-0.05, 0) is 30.4 Å². The Labute approximate surface area is 95.0 Å². The molecule has 0 aromatic heterocycles. The topological polar surface area (TPSA) is 26.3 Å². The number of carbonyl (C=O) groups excluding carboxylic acids is 1. The van der Waals surface area contributed by atoms with Gasteiger partial charge in [-0.3, -0.25) is 0 Å². The Morgan fingerprint density at radius 1 is 1.33 bits per heavy atom. The molecule has 0 atom stereocenters. The first kappa shape index (κ1) is 12.1. The van der Waals surface area contributed by atoms with Crippen LogP contribution in [0.25, 0.3) is 0 Å². The molecule has 3 heteroatoms. The highest BCUT2D eigenvalue weighted by Gasteiger charge is 2.05. The highest BCUT2D eigenvalue weighted by molar-refractivity contribution is 7.97. The largest absolute Gasteiger partial charge is 0.462 e. The lowest BCUT2D eigenvalue weighted by Gasteiger charge is -2.03. The zero-order valence-electron chi connectivity index (χ0n) is 9.16. The van der Waals surface area contributed by atoms with E-state index in [0.29, 0.717) is 12.2 Å². The lowest BCUT2D eigenvalue weighted by molar-refractivity contribution is 0.0505. The molecule has 1 aromatic carbocycles. The average Bonchev–Trinajstić information content (AvgIpc) is 2.27. The Bertz CT molecular complexity index is 306. The van der Waals surface area contributed by atoms with Gasteiger partial charge in [-0.1, -0.05) is 19.1 Å². The van der Waals surface area contributed by atoms with Gasteiger partial charge >= 0.3 is 5.97 Å². The van der Waals surface area contributed by atoms with Crippen molar-refractivity contribution >= 4 is 17.7 Å². The summed E-state index contributed by atoms with van der Waals surface area (Å²) in [5, 5.41) is 0. The molecule has 0 saturated heterocycles. The molecule has 0 aliphatic rings. The Hall–Kier alpha value is -0.960. The van der Waals surface area contributed by atoms with E-state index in [0.717, 1.165) is 12.2 Å². The molecule has 1 rings (SSSR count). The third kappa shape index (κ3) is 3.96. The first-order valence-electron chi connectivity index (χ1n) is 5.03. The summed E-state index contributed by atoms with van der Waals surface area (Å²) >= 11 is 1.77. The van der Waals surface area contributed by atoms with E-state index < -0.39 is 0 Å². The lowest BCUT2D eigenvalue weighted by Crippen LogP contribution is -2.05. The molecule has 0 aliphatic heterocycles. The van der Waals surface area contributed by atoms with Gasteiger partial charge in [0.05, 0.1) is 12.2 Å². The predicted molar refractivity (Wildman–Crippen MR) is 64.2 cm³/mol. The molecule has 0 aliphatic carbocycles. The van der Waals surface area contributed by atoms with Crippen LogP contribution in [0.1, 0.15) is 29.3 Å². The Morgan fingerprint density at radius 2 is 2.00 bits per heavy atom. The van der Waals surface area contributed by atoms with Gasteiger partial charge in [0.1, 0.15) is 0 Å². The Morgan fingerprint density at radius 3 is 2.53 bits per heavy atom. The van der Waals surface area contributed by atoms with Gasteiger partial charge in [-0.15, -0.1) is 0 Å². The molecular weight excluding hydrogens is 208 g/mol. The Balaban J connectivity index is 2.58. The van der Waals surface area contributed by atoms with Crippen LogP contribution < -0.4 is 0 Å². The molecule has 0 amide bonds. The van der Waals surface area contributed by atoms with Crippen molar-refractivity contribution in [1.29, 1.82) is 0 Å². The van der Waals surface area contributed by atoms with Crippen molar-refractivity contribution in [3.8, 4) is 0 Å². The summed E-state index contributed by atoms with van der Waals surface area (Å²) < 4.78 is 5.03. The van der Waals surface area contributed by atoms with Gasteiger partial charge in [0.25, 0.3) is 0 Å². The molecule has 1 aromatic rings. The van der Waals surface area contributed by atoms with Crippen LogP contribution in [0.15, 0.2) is 24.3 Å². The van der Waals surface area contributed by atoms with E-state index in [-0.39, 0.29) is 5.97 Å². The lowest BCUT2D eigenvalue weighted by atomic mass is 10.1. The average molecular weight is 224 g/mol. The number of benzene rings is 1. The first-order valence-corrected chi connectivity index (χ1v) is 6.42. The smallest absolute Gasteiger partial charge is 0.338 e. The van der Waals surface area contributed by atoms with Crippen molar-refractivity contribution < 1.29 is 9.53 Å². The summed E-state index contributed by atoms with van der Waals surface area (Å²) in [4.78, 5) is 11.4. The van der Waals surface area contributed by atoms with E-state index in [9.17, 15) is 4.79 Å². The standard InChI is InChI=1S/C12H16O2S/c1-3-8-14-12(13)11-6-4-10(5-7-11)9-15-2/h4-7H,3,8-9H2,1-2H3. The van der Waals surface area contributed by atoms with Crippen LogP contribution in [-0.2, 0) is 10.5 Å². The highest BCUT2D eigenvalue weighted by Crippen LogP contribution is 2.11. The van der Waals surface area contributed by atoms with Crippen LogP contribution in [-0.4, -0.2) is 18.8 Å². The molecule has 0 unspecified atom stereocenters. The van der Waals surface area contributed by atoms with Crippen molar-refractivity contribution in [3.63, 3.8) is 0 Å². The van der Waals surface area contributed by atoms with E-state index in [1.54, 1.807) is 11.8 Å². The Kier molecular flexibility index (Phi) is 5.26. The minimum absolute atomic E-state index is 0.229. The number of esters is 1. The van der Waals surface area contributed by atoms with E-state index >= 15 is 0 Å². The maximum Gasteiger partial charge on any atom is 0.338 e. The third-order valence-corrected chi connectivity index (χ3v) is 2.56. The van der Waals surface area contributed by atoms with Crippen molar-refractivity contribution in [1.82, 2.24) is 0 Å². The maximum absolute atomic E-state index is 11.4. The predicted octanol–water partition coefficient (Wildman–Crippen LogP) is 3.12. The second kappa shape index (κ2) is 6.51. The second-order valence-corrected chi connectivity index (χ2v) is 4.13. The van der Waals surface area contributed by atoms with E-state index in [2.05, 4.69) is 6.26 Å². The zero-order chi connectivity index (χ0) is 11.1. The summed E-state index contributed by atoms with van der Waals surface area (Å²) in [6, 6.07) is 7.59. The number of hydrogen-bond donors (Lipinski definition) is 0. The monoisotopic (exact) mass is 224 g/mol. The molecule has 15 heavy (non-hydrogen) atoms. The van der Waals surface area contributed by atoms with Gasteiger partial charge in [-0.2, -0.15) is 11.8 Å². The first-order chi connectivity index (χ1) is 7.27. The second-order valence-electron chi connectivity index (χ2n) is 3.27. The maximum atomic E-state index is 11.4. The van der Waals surface area contributed by atoms with Gasteiger partial charge in [0.15, 0.2) is 0 Å². The number of hydrogen-bond acceptors (Lipinski definition) is 3. The van der Waals surface area contributed by atoms with Crippen molar-refractivity contribution in [2.24, 2.45) is 0 Å². The summed E-state index contributed by atoms with van der Waals surface area (Å²) in [7, 11) is 0. The summed E-state index contributed by atoms with van der Waals surface area (Å²) in [5.74, 6) is 0.747.